The van der Waals surface area contributed by atoms with Crippen LogP contribution in [0.3, 0.4) is 0 Å². The van der Waals surface area contributed by atoms with E-state index >= 15 is 0 Å². The average Bonchev–Trinajstić information content (AvgIpc) is 2.50. The topological polar surface area (TPSA) is 43.1 Å². The largest absolute Gasteiger partial charge is 0.398 e. The number of hydrogen-bond donors (Lipinski definition) is 1. The zero-order valence-electron chi connectivity index (χ0n) is 12.3. The Balaban J connectivity index is 1.85. The number of nitrogen functional groups attached to an aromatic ring is 1. The monoisotopic (exact) mass is 299 g/mol. The molecule has 2 N–H and O–H groups in total. The van der Waals surface area contributed by atoms with Gasteiger partial charge in [-0.2, -0.15) is 0 Å². The fraction of sp³-hybridized carbons (Fsp3) is 0.333. The van der Waals surface area contributed by atoms with Gasteiger partial charge < -0.3 is 5.73 Å². The summed E-state index contributed by atoms with van der Waals surface area (Å²) in [5, 5.41) is 0. The number of rotatable bonds is 3. The van der Waals surface area contributed by atoms with E-state index in [0.29, 0.717) is 11.7 Å². The Morgan fingerprint density at radius 2 is 2.00 bits per heavy atom. The highest BCUT2D eigenvalue weighted by molar-refractivity contribution is 7.85. The van der Waals surface area contributed by atoms with Crippen molar-refractivity contribution >= 4 is 16.5 Å². The molecule has 0 amide bonds. The minimum atomic E-state index is -0.990. The molecule has 0 spiro atoms. The number of fused-ring (bicyclic) bond motifs is 1. The highest BCUT2D eigenvalue weighted by atomic mass is 32.2. The molecule has 1 aliphatic rings. The molecule has 110 valence electrons. The van der Waals surface area contributed by atoms with Gasteiger partial charge in [-0.25, -0.2) is 0 Å². The summed E-state index contributed by atoms with van der Waals surface area (Å²) in [4.78, 5) is 0.887. The third kappa shape index (κ3) is 2.88. The smallest absolute Gasteiger partial charge is 0.0539 e. The Bertz CT molecular complexity index is 681. The van der Waals surface area contributed by atoms with Crippen molar-refractivity contribution in [3.63, 3.8) is 0 Å². The summed E-state index contributed by atoms with van der Waals surface area (Å²) < 4.78 is 12.8. The fourth-order valence-electron chi connectivity index (χ4n) is 3.18. The number of nitrogens with two attached hydrogens (primary N) is 1. The van der Waals surface area contributed by atoms with E-state index in [9.17, 15) is 4.21 Å². The van der Waals surface area contributed by atoms with Gasteiger partial charge in [0.05, 0.1) is 10.8 Å². The third-order valence-corrected chi connectivity index (χ3v) is 6.06. The van der Waals surface area contributed by atoms with E-state index < -0.39 is 10.8 Å². The number of hydrogen-bond acceptors (Lipinski definition) is 2. The minimum Gasteiger partial charge on any atom is -0.398 e. The van der Waals surface area contributed by atoms with E-state index in [1.165, 1.54) is 17.5 Å². The van der Waals surface area contributed by atoms with Crippen LogP contribution >= 0.6 is 0 Å². The van der Waals surface area contributed by atoms with Gasteiger partial charge in [0.1, 0.15) is 0 Å². The van der Waals surface area contributed by atoms with Crippen LogP contribution in [0.4, 0.5) is 5.69 Å². The van der Waals surface area contributed by atoms with Gasteiger partial charge in [-0.05, 0) is 60.9 Å². The van der Waals surface area contributed by atoms with Crippen LogP contribution in [0, 0.1) is 6.92 Å². The molecule has 0 aromatic heterocycles. The van der Waals surface area contributed by atoms with E-state index in [-0.39, 0.29) is 0 Å². The Kier molecular flexibility index (Phi) is 4.11. The Morgan fingerprint density at radius 1 is 1.19 bits per heavy atom. The molecule has 1 aliphatic carbocycles. The summed E-state index contributed by atoms with van der Waals surface area (Å²) in [6.07, 6.45) is 3.47. The molecule has 2 aromatic rings. The molecule has 0 aliphatic heterocycles. The highest BCUT2D eigenvalue weighted by Gasteiger charge is 2.23. The van der Waals surface area contributed by atoms with Gasteiger partial charge in [-0.15, -0.1) is 0 Å². The van der Waals surface area contributed by atoms with E-state index in [1.807, 2.05) is 25.1 Å². The summed E-state index contributed by atoms with van der Waals surface area (Å²) in [6, 6.07) is 14.3. The minimum absolute atomic E-state index is 0.400. The van der Waals surface area contributed by atoms with Gasteiger partial charge in [0, 0.05) is 16.3 Å². The predicted octanol–water partition coefficient (Wildman–Crippen LogP) is 3.80. The molecule has 2 nitrogen and oxygen atoms in total. The van der Waals surface area contributed by atoms with Crippen LogP contribution < -0.4 is 5.73 Å². The number of anilines is 1. The maximum absolute atomic E-state index is 12.8. The second-order valence-corrected chi connectivity index (χ2v) is 7.23. The molecule has 0 saturated carbocycles. The molecule has 0 heterocycles. The molecule has 2 unspecified atom stereocenters. The van der Waals surface area contributed by atoms with Crippen molar-refractivity contribution in [2.24, 2.45) is 0 Å². The maximum atomic E-state index is 12.8. The predicted molar refractivity (Wildman–Crippen MR) is 89.0 cm³/mol. The summed E-state index contributed by atoms with van der Waals surface area (Å²) in [5.41, 5.74) is 10.4. The maximum Gasteiger partial charge on any atom is 0.0539 e. The van der Waals surface area contributed by atoms with Gasteiger partial charge in [0.15, 0.2) is 0 Å². The third-order valence-electron chi connectivity index (χ3n) is 4.42. The molecule has 0 radical (unpaired) electrons. The van der Waals surface area contributed by atoms with Crippen LogP contribution in [0.2, 0.25) is 0 Å². The van der Waals surface area contributed by atoms with Gasteiger partial charge in [-0.3, -0.25) is 4.21 Å². The van der Waals surface area contributed by atoms with E-state index in [0.717, 1.165) is 29.0 Å². The van der Waals surface area contributed by atoms with Crippen molar-refractivity contribution in [3.8, 4) is 0 Å². The van der Waals surface area contributed by atoms with Crippen molar-refractivity contribution in [2.75, 3.05) is 11.5 Å². The van der Waals surface area contributed by atoms with Crippen molar-refractivity contribution < 1.29 is 4.21 Å². The lowest BCUT2D eigenvalue weighted by Gasteiger charge is -2.25. The molecule has 2 aromatic carbocycles. The highest BCUT2D eigenvalue weighted by Crippen LogP contribution is 2.33. The summed E-state index contributed by atoms with van der Waals surface area (Å²) in [5.74, 6) is 1.10. The van der Waals surface area contributed by atoms with Gasteiger partial charge in [-0.1, -0.05) is 30.3 Å². The lowest BCUT2D eigenvalue weighted by molar-refractivity contribution is 0.588. The van der Waals surface area contributed by atoms with Crippen LogP contribution in [0.1, 0.15) is 35.4 Å². The van der Waals surface area contributed by atoms with Gasteiger partial charge >= 0.3 is 0 Å². The van der Waals surface area contributed by atoms with E-state index in [2.05, 4.69) is 24.3 Å². The first-order chi connectivity index (χ1) is 10.2. The van der Waals surface area contributed by atoms with Crippen LogP contribution in [0.15, 0.2) is 47.4 Å². The van der Waals surface area contributed by atoms with E-state index in [4.69, 9.17) is 5.73 Å². The van der Waals surface area contributed by atoms with Crippen molar-refractivity contribution in [1.29, 1.82) is 0 Å². The standard InChI is InChI=1S/C18H21NOS/c1-13-17(19)10-5-11-18(13)21(20)12-15-8-4-7-14-6-2-3-9-16(14)15/h2-3,5-6,9-11,15H,4,7-8,12,19H2,1H3. The van der Waals surface area contributed by atoms with Crippen LogP contribution in [0.25, 0.3) is 0 Å². The Hall–Kier alpha value is -1.61. The van der Waals surface area contributed by atoms with Crippen molar-refractivity contribution in [1.82, 2.24) is 0 Å². The first-order valence-corrected chi connectivity index (χ1v) is 8.80. The molecule has 2 atom stereocenters. The summed E-state index contributed by atoms with van der Waals surface area (Å²) in [6.45, 7) is 1.96. The summed E-state index contributed by atoms with van der Waals surface area (Å²) in [7, 11) is -0.990. The quantitative estimate of drug-likeness (QED) is 0.876. The molecule has 0 bridgehead atoms. The zero-order valence-corrected chi connectivity index (χ0v) is 13.2. The number of benzene rings is 2. The normalized spacial score (nSPS) is 19.0. The first kappa shape index (κ1) is 14.3. The SMILES string of the molecule is Cc1c(N)cccc1S(=O)CC1CCCc2ccccc21. The van der Waals surface area contributed by atoms with Crippen LogP contribution in [-0.4, -0.2) is 9.96 Å². The van der Waals surface area contributed by atoms with Crippen molar-refractivity contribution in [3.05, 3.63) is 59.2 Å². The summed E-state index contributed by atoms with van der Waals surface area (Å²) >= 11 is 0. The first-order valence-electron chi connectivity index (χ1n) is 7.48. The molecule has 3 heteroatoms. The second kappa shape index (κ2) is 6.02. The van der Waals surface area contributed by atoms with Crippen LogP contribution in [0.5, 0.6) is 0 Å². The fourth-order valence-corrected chi connectivity index (χ4v) is 4.76. The zero-order chi connectivity index (χ0) is 14.8. The Labute approximate surface area is 128 Å². The second-order valence-electron chi connectivity index (χ2n) is 5.77. The molecular weight excluding hydrogens is 278 g/mol. The lowest BCUT2D eigenvalue weighted by atomic mass is 9.84. The molecule has 3 rings (SSSR count). The molecule has 0 saturated heterocycles. The van der Waals surface area contributed by atoms with Gasteiger partial charge in [0.25, 0.3) is 0 Å². The lowest BCUT2D eigenvalue weighted by Crippen LogP contribution is -2.16. The number of aryl methyl sites for hydroxylation is 1. The molecule has 21 heavy (non-hydrogen) atoms. The Morgan fingerprint density at radius 3 is 2.86 bits per heavy atom. The van der Waals surface area contributed by atoms with Gasteiger partial charge in [0.2, 0.25) is 0 Å². The van der Waals surface area contributed by atoms with Crippen molar-refractivity contribution in [2.45, 2.75) is 37.0 Å². The average molecular weight is 299 g/mol. The van der Waals surface area contributed by atoms with E-state index in [1.54, 1.807) is 0 Å². The van der Waals surface area contributed by atoms with Crippen LogP contribution in [-0.2, 0) is 17.2 Å². The molecule has 0 fully saturated rings. The molecular formula is C18H21NOS.